The third kappa shape index (κ3) is 4.41. The van der Waals surface area contributed by atoms with Crippen LogP contribution in [0.25, 0.3) is 0 Å². The van der Waals surface area contributed by atoms with Crippen molar-refractivity contribution in [2.24, 2.45) is 5.41 Å². The predicted molar refractivity (Wildman–Crippen MR) is 51.8 cm³/mol. The lowest BCUT2D eigenvalue weighted by Gasteiger charge is -2.28. The molecule has 0 spiro atoms. The van der Waals surface area contributed by atoms with Gasteiger partial charge in [-0.15, -0.1) is 0 Å². The van der Waals surface area contributed by atoms with Crippen molar-refractivity contribution in [2.75, 3.05) is 6.54 Å². The smallest absolute Gasteiger partial charge is 0.00106 e. The lowest BCUT2D eigenvalue weighted by atomic mass is 9.84. The summed E-state index contributed by atoms with van der Waals surface area (Å²) in [6, 6.07) is 0.618. The van der Waals surface area contributed by atoms with Gasteiger partial charge in [0.15, 0.2) is 0 Å². The van der Waals surface area contributed by atoms with Crippen LogP contribution in [0.1, 0.15) is 47.5 Å². The summed E-state index contributed by atoms with van der Waals surface area (Å²) in [4.78, 5) is 0. The fourth-order valence-electron chi connectivity index (χ4n) is 0.951. The van der Waals surface area contributed by atoms with Crippen LogP contribution in [0.15, 0.2) is 0 Å². The molecule has 0 aromatic rings. The number of rotatable bonds is 5. The van der Waals surface area contributed by atoms with E-state index in [0.717, 1.165) is 6.54 Å². The minimum atomic E-state index is 0.504. The van der Waals surface area contributed by atoms with Crippen molar-refractivity contribution in [3.05, 3.63) is 0 Å². The summed E-state index contributed by atoms with van der Waals surface area (Å²) < 4.78 is 0. The second kappa shape index (κ2) is 4.76. The fraction of sp³-hybridized carbons (Fsp3) is 1.00. The van der Waals surface area contributed by atoms with E-state index in [2.05, 4.69) is 39.9 Å². The molecule has 68 valence electrons. The van der Waals surface area contributed by atoms with Crippen LogP contribution in [0.5, 0.6) is 0 Å². The fourth-order valence-corrected chi connectivity index (χ4v) is 0.951. The average molecular weight is 157 g/mol. The Morgan fingerprint density at radius 2 is 1.64 bits per heavy atom. The lowest BCUT2D eigenvalue weighted by molar-refractivity contribution is 0.273. The highest BCUT2D eigenvalue weighted by Crippen LogP contribution is 2.23. The van der Waals surface area contributed by atoms with Gasteiger partial charge in [-0.2, -0.15) is 0 Å². The molecule has 0 fully saturated rings. The van der Waals surface area contributed by atoms with E-state index < -0.39 is 0 Å². The van der Waals surface area contributed by atoms with Gasteiger partial charge < -0.3 is 5.32 Å². The molecule has 11 heavy (non-hydrogen) atoms. The molecule has 1 nitrogen and oxygen atoms in total. The largest absolute Gasteiger partial charge is 0.314 e. The van der Waals surface area contributed by atoms with Gasteiger partial charge in [0.2, 0.25) is 0 Å². The summed E-state index contributed by atoms with van der Waals surface area (Å²) >= 11 is 0. The number of hydrogen-bond donors (Lipinski definition) is 1. The van der Waals surface area contributed by atoms with Crippen LogP contribution in [0.4, 0.5) is 0 Å². The van der Waals surface area contributed by atoms with Gasteiger partial charge in [-0.05, 0) is 18.3 Å². The molecule has 0 bridgehead atoms. The predicted octanol–water partition coefficient (Wildman–Crippen LogP) is 2.81. The van der Waals surface area contributed by atoms with Gasteiger partial charge in [0.05, 0.1) is 0 Å². The zero-order valence-electron chi connectivity index (χ0n) is 8.70. The van der Waals surface area contributed by atoms with Crippen molar-refractivity contribution < 1.29 is 0 Å². The first-order chi connectivity index (χ1) is 5.04. The molecule has 1 heteroatoms. The van der Waals surface area contributed by atoms with Crippen molar-refractivity contribution in [3.8, 4) is 0 Å². The number of nitrogens with one attached hydrogen (secondary N) is 1. The van der Waals surface area contributed by atoms with E-state index in [-0.39, 0.29) is 0 Å². The molecule has 0 heterocycles. The van der Waals surface area contributed by atoms with Crippen molar-refractivity contribution in [1.29, 1.82) is 0 Å². The standard InChI is InChI=1S/C10H23N/c1-6-10(5,7-2)8-11-9(3)4/h9,11H,6-8H2,1-5H3. The SMILES string of the molecule is CCC(C)(CC)CNC(C)C. The van der Waals surface area contributed by atoms with Crippen LogP contribution in [0.3, 0.4) is 0 Å². The highest BCUT2D eigenvalue weighted by Gasteiger charge is 2.18. The monoisotopic (exact) mass is 157 g/mol. The van der Waals surface area contributed by atoms with Crippen LogP contribution >= 0.6 is 0 Å². The Labute approximate surface area is 71.6 Å². The Bertz CT molecular complexity index is 93.0. The Balaban J connectivity index is 3.69. The minimum absolute atomic E-state index is 0.504. The Morgan fingerprint density at radius 1 is 1.18 bits per heavy atom. The van der Waals surface area contributed by atoms with E-state index in [0.29, 0.717) is 11.5 Å². The van der Waals surface area contributed by atoms with Gasteiger partial charge in [-0.3, -0.25) is 0 Å². The normalized spacial score (nSPS) is 12.5. The van der Waals surface area contributed by atoms with Gasteiger partial charge in [0, 0.05) is 12.6 Å². The van der Waals surface area contributed by atoms with E-state index in [1.54, 1.807) is 0 Å². The van der Waals surface area contributed by atoms with Crippen LogP contribution in [-0.2, 0) is 0 Å². The van der Waals surface area contributed by atoms with E-state index in [1.807, 2.05) is 0 Å². The topological polar surface area (TPSA) is 12.0 Å². The van der Waals surface area contributed by atoms with E-state index in [4.69, 9.17) is 0 Å². The second-order valence-electron chi connectivity index (χ2n) is 4.05. The minimum Gasteiger partial charge on any atom is -0.314 e. The molecule has 0 aliphatic carbocycles. The molecular formula is C10H23N. The summed E-state index contributed by atoms with van der Waals surface area (Å²) in [7, 11) is 0. The summed E-state index contributed by atoms with van der Waals surface area (Å²) in [6.45, 7) is 12.4. The molecule has 0 unspecified atom stereocenters. The van der Waals surface area contributed by atoms with E-state index >= 15 is 0 Å². The Morgan fingerprint density at radius 3 is 1.91 bits per heavy atom. The molecule has 0 aromatic heterocycles. The zero-order chi connectivity index (χ0) is 8.91. The number of hydrogen-bond acceptors (Lipinski definition) is 1. The molecule has 0 rings (SSSR count). The maximum atomic E-state index is 3.49. The first-order valence-corrected chi connectivity index (χ1v) is 4.77. The van der Waals surface area contributed by atoms with Crippen molar-refractivity contribution in [1.82, 2.24) is 5.32 Å². The maximum Gasteiger partial charge on any atom is 0.00106 e. The molecule has 0 aliphatic rings. The molecule has 0 atom stereocenters. The van der Waals surface area contributed by atoms with Gasteiger partial charge in [0.25, 0.3) is 0 Å². The lowest BCUT2D eigenvalue weighted by Crippen LogP contribution is -2.34. The highest BCUT2D eigenvalue weighted by atomic mass is 14.9. The van der Waals surface area contributed by atoms with Crippen LogP contribution in [-0.4, -0.2) is 12.6 Å². The summed E-state index contributed by atoms with van der Waals surface area (Å²) in [6.07, 6.45) is 2.53. The van der Waals surface area contributed by atoms with E-state index in [9.17, 15) is 0 Å². The first kappa shape index (κ1) is 11.0. The molecule has 0 radical (unpaired) electrons. The van der Waals surface area contributed by atoms with Crippen LogP contribution < -0.4 is 5.32 Å². The molecule has 0 saturated carbocycles. The maximum absolute atomic E-state index is 3.49. The van der Waals surface area contributed by atoms with Crippen molar-refractivity contribution >= 4 is 0 Å². The summed E-state index contributed by atoms with van der Waals surface area (Å²) in [5.41, 5.74) is 0.504. The Kier molecular flexibility index (Phi) is 4.74. The molecule has 0 aliphatic heterocycles. The van der Waals surface area contributed by atoms with Gasteiger partial charge in [0.1, 0.15) is 0 Å². The van der Waals surface area contributed by atoms with E-state index in [1.165, 1.54) is 12.8 Å². The average Bonchev–Trinajstić information content (AvgIpc) is 2.00. The van der Waals surface area contributed by atoms with Gasteiger partial charge >= 0.3 is 0 Å². The molecule has 0 aromatic carbocycles. The third-order valence-corrected chi connectivity index (χ3v) is 2.64. The van der Waals surface area contributed by atoms with Crippen molar-refractivity contribution in [2.45, 2.75) is 53.5 Å². The highest BCUT2D eigenvalue weighted by molar-refractivity contribution is 4.74. The zero-order valence-corrected chi connectivity index (χ0v) is 8.70. The second-order valence-corrected chi connectivity index (χ2v) is 4.05. The molecule has 1 N–H and O–H groups in total. The van der Waals surface area contributed by atoms with Gasteiger partial charge in [-0.25, -0.2) is 0 Å². The third-order valence-electron chi connectivity index (χ3n) is 2.64. The molecular weight excluding hydrogens is 134 g/mol. The first-order valence-electron chi connectivity index (χ1n) is 4.77. The van der Waals surface area contributed by atoms with Crippen molar-refractivity contribution in [3.63, 3.8) is 0 Å². The molecule has 0 saturated heterocycles. The van der Waals surface area contributed by atoms with Crippen LogP contribution in [0, 0.1) is 5.41 Å². The summed E-state index contributed by atoms with van der Waals surface area (Å²) in [5.74, 6) is 0. The van der Waals surface area contributed by atoms with Gasteiger partial charge in [-0.1, -0.05) is 34.6 Å². The molecule has 0 amide bonds. The Hall–Kier alpha value is -0.0400. The van der Waals surface area contributed by atoms with Crippen LogP contribution in [0.2, 0.25) is 0 Å². The quantitative estimate of drug-likeness (QED) is 0.647. The summed E-state index contributed by atoms with van der Waals surface area (Å²) in [5, 5.41) is 3.49.